The highest BCUT2D eigenvalue weighted by Gasteiger charge is 2.59. The number of allylic oxidation sites excluding steroid dienone is 2. The van der Waals surface area contributed by atoms with Crippen LogP contribution >= 0.6 is 0 Å². The van der Waals surface area contributed by atoms with Crippen LogP contribution in [-0.4, -0.2) is 34.8 Å². The van der Waals surface area contributed by atoms with Gasteiger partial charge in [-0.25, -0.2) is 4.79 Å². The summed E-state index contributed by atoms with van der Waals surface area (Å²) in [6.07, 6.45) is 8.41. The fourth-order valence-electron chi connectivity index (χ4n) is 6.01. The number of hydrogen-bond acceptors (Lipinski definition) is 3. The number of imide groups is 1. The normalized spacial score (nSPS) is 34.6. The molecule has 1 aromatic rings. The molecule has 6 unspecified atom stereocenters. The van der Waals surface area contributed by atoms with Crippen molar-refractivity contribution >= 4 is 23.5 Å². The van der Waals surface area contributed by atoms with Crippen LogP contribution < -0.4 is 10.2 Å². The number of piperidine rings is 1. The number of fused-ring (bicyclic) bond motifs is 5. The lowest BCUT2D eigenvalue weighted by Gasteiger charge is -2.38. The number of nitrogens with zero attached hydrogens (tertiary/aromatic N) is 2. The van der Waals surface area contributed by atoms with Gasteiger partial charge >= 0.3 is 6.03 Å². The molecule has 1 saturated carbocycles. The lowest BCUT2D eigenvalue weighted by molar-refractivity contribution is -0.123. The van der Waals surface area contributed by atoms with E-state index in [-0.39, 0.29) is 53.6 Å². The van der Waals surface area contributed by atoms with Gasteiger partial charge < -0.3 is 10.2 Å². The Kier molecular flexibility index (Phi) is 4.68. The van der Waals surface area contributed by atoms with E-state index < -0.39 is 0 Å². The lowest BCUT2D eigenvalue weighted by atomic mass is 9.85. The van der Waals surface area contributed by atoms with Gasteiger partial charge in [0.15, 0.2) is 0 Å². The molecule has 0 aromatic heterocycles. The van der Waals surface area contributed by atoms with E-state index in [4.69, 9.17) is 0 Å². The highest BCUT2D eigenvalue weighted by Crippen LogP contribution is 2.53. The van der Waals surface area contributed by atoms with Gasteiger partial charge in [0.1, 0.15) is 0 Å². The number of likely N-dealkylation sites (tertiary alicyclic amines) is 1. The van der Waals surface area contributed by atoms with Crippen LogP contribution in [0.25, 0.3) is 0 Å². The Morgan fingerprint density at radius 1 is 0.967 bits per heavy atom. The minimum atomic E-state index is -0.181. The summed E-state index contributed by atoms with van der Waals surface area (Å²) < 4.78 is 0. The topological polar surface area (TPSA) is 69.7 Å². The quantitative estimate of drug-likeness (QED) is 0.616. The Balaban J connectivity index is 1.24. The lowest BCUT2D eigenvalue weighted by Crippen LogP contribution is -2.51. The van der Waals surface area contributed by atoms with Crippen LogP contribution in [-0.2, 0) is 16.1 Å². The van der Waals surface area contributed by atoms with Gasteiger partial charge in [0.2, 0.25) is 11.8 Å². The first-order valence-electron chi connectivity index (χ1n) is 11.2. The standard InChI is InChI=1S/C24H29N3O3/c1-14-4-3-5-15(2)26(14)24(30)25-13-16-6-10-19(11-7-16)27-22(28)20-17-8-9-18(12-17)21(20)23(27)29/h6-11,14-15,17-18,20-21H,3-5,12-13H2,1-2H3,(H,25,30). The molecule has 2 aliphatic heterocycles. The summed E-state index contributed by atoms with van der Waals surface area (Å²) in [5.41, 5.74) is 1.58. The van der Waals surface area contributed by atoms with E-state index in [0.29, 0.717) is 12.2 Å². The zero-order valence-electron chi connectivity index (χ0n) is 17.6. The molecule has 1 aromatic carbocycles. The van der Waals surface area contributed by atoms with Gasteiger partial charge in [0.05, 0.1) is 17.5 Å². The van der Waals surface area contributed by atoms with Gasteiger partial charge in [-0.05, 0) is 69.1 Å². The predicted octanol–water partition coefficient (Wildman–Crippen LogP) is 3.47. The van der Waals surface area contributed by atoms with E-state index in [0.717, 1.165) is 24.8 Å². The van der Waals surface area contributed by atoms with Crippen molar-refractivity contribution in [2.75, 3.05) is 4.90 Å². The largest absolute Gasteiger partial charge is 0.334 e. The number of benzene rings is 1. The molecular formula is C24H29N3O3. The van der Waals surface area contributed by atoms with Crippen molar-refractivity contribution in [2.45, 2.75) is 58.2 Å². The Bertz CT molecular complexity index is 869. The van der Waals surface area contributed by atoms with Crippen LogP contribution in [0.2, 0.25) is 0 Å². The van der Waals surface area contributed by atoms with Crippen molar-refractivity contribution in [1.29, 1.82) is 0 Å². The molecule has 6 nitrogen and oxygen atoms in total. The third kappa shape index (κ3) is 2.96. The number of urea groups is 1. The predicted molar refractivity (Wildman–Crippen MR) is 114 cm³/mol. The zero-order chi connectivity index (χ0) is 21.0. The monoisotopic (exact) mass is 407 g/mol. The summed E-state index contributed by atoms with van der Waals surface area (Å²) in [6.45, 7) is 4.63. The van der Waals surface area contributed by atoms with Gasteiger partial charge in [-0.1, -0.05) is 24.3 Å². The van der Waals surface area contributed by atoms with Crippen molar-refractivity contribution in [2.24, 2.45) is 23.7 Å². The molecule has 2 aliphatic carbocycles. The number of nitrogens with one attached hydrogen (secondary N) is 1. The van der Waals surface area contributed by atoms with Gasteiger partial charge in [-0.3, -0.25) is 14.5 Å². The Morgan fingerprint density at radius 2 is 1.53 bits per heavy atom. The van der Waals surface area contributed by atoms with E-state index in [1.54, 1.807) is 0 Å². The summed E-state index contributed by atoms with van der Waals surface area (Å²) in [4.78, 5) is 41.8. The molecule has 1 N–H and O–H groups in total. The summed E-state index contributed by atoms with van der Waals surface area (Å²) >= 11 is 0. The third-order valence-electron chi connectivity index (χ3n) is 7.54. The van der Waals surface area contributed by atoms with Crippen LogP contribution in [0.3, 0.4) is 0 Å². The van der Waals surface area contributed by atoms with Crippen molar-refractivity contribution in [3.05, 3.63) is 42.0 Å². The average Bonchev–Trinajstić information content (AvgIpc) is 3.41. The second-order valence-electron chi connectivity index (χ2n) is 9.37. The molecule has 4 aliphatic rings. The average molecular weight is 408 g/mol. The van der Waals surface area contributed by atoms with Crippen molar-refractivity contribution in [1.82, 2.24) is 10.2 Å². The van der Waals surface area contributed by atoms with E-state index in [9.17, 15) is 14.4 Å². The van der Waals surface area contributed by atoms with Gasteiger partial charge in [0.25, 0.3) is 0 Å². The maximum absolute atomic E-state index is 12.9. The molecule has 30 heavy (non-hydrogen) atoms. The fraction of sp³-hybridized carbons (Fsp3) is 0.542. The summed E-state index contributed by atoms with van der Waals surface area (Å²) in [5.74, 6) is -0.0436. The number of carbonyl (C=O) groups is 3. The maximum Gasteiger partial charge on any atom is 0.318 e. The summed E-state index contributed by atoms with van der Waals surface area (Å²) in [6, 6.07) is 7.90. The first kappa shape index (κ1) is 19.3. The van der Waals surface area contributed by atoms with Crippen LogP contribution in [0.1, 0.15) is 45.1 Å². The molecule has 2 saturated heterocycles. The van der Waals surface area contributed by atoms with E-state index >= 15 is 0 Å². The second-order valence-corrected chi connectivity index (χ2v) is 9.37. The number of anilines is 1. The molecule has 3 fully saturated rings. The number of rotatable bonds is 3. The zero-order valence-corrected chi connectivity index (χ0v) is 17.6. The molecule has 2 bridgehead atoms. The van der Waals surface area contributed by atoms with Gasteiger partial charge in [0, 0.05) is 18.6 Å². The van der Waals surface area contributed by atoms with E-state index in [2.05, 4.69) is 31.3 Å². The van der Waals surface area contributed by atoms with E-state index in [1.807, 2.05) is 29.2 Å². The number of hydrogen-bond donors (Lipinski definition) is 1. The summed E-state index contributed by atoms with van der Waals surface area (Å²) in [7, 11) is 0. The van der Waals surface area contributed by atoms with Crippen molar-refractivity contribution in [3.8, 4) is 0 Å². The minimum absolute atomic E-state index is 0.0283. The minimum Gasteiger partial charge on any atom is -0.334 e. The Hall–Kier alpha value is -2.63. The third-order valence-corrected chi connectivity index (χ3v) is 7.54. The van der Waals surface area contributed by atoms with Crippen molar-refractivity contribution < 1.29 is 14.4 Å². The smallest absolute Gasteiger partial charge is 0.318 e. The molecule has 6 heteroatoms. The Labute approximate surface area is 177 Å². The van der Waals surface area contributed by atoms with Crippen LogP contribution in [0.15, 0.2) is 36.4 Å². The Morgan fingerprint density at radius 3 is 2.10 bits per heavy atom. The first-order valence-corrected chi connectivity index (χ1v) is 11.2. The highest BCUT2D eigenvalue weighted by molar-refractivity contribution is 6.22. The fourth-order valence-corrected chi connectivity index (χ4v) is 6.01. The SMILES string of the molecule is CC1CCCC(C)N1C(=O)NCc1ccc(N2C(=O)C3C4C=CC(C4)C3C2=O)cc1. The molecule has 158 valence electrons. The molecule has 0 radical (unpaired) electrons. The number of amides is 4. The molecule has 0 spiro atoms. The molecule has 5 rings (SSSR count). The highest BCUT2D eigenvalue weighted by atomic mass is 16.2. The van der Waals surface area contributed by atoms with Gasteiger partial charge in [-0.15, -0.1) is 0 Å². The van der Waals surface area contributed by atoms with Crippen LogP contribution in [0.4, 0.5) is 10.5 Å². The summed E-state index contributed by atoms with van der Waals surface area (Å²) in [5, 5.41) is 3.02. The molecule has 6 atom stereocenters. The molecular weight excluding hydrogens is 378 g/mol. The maximum atomic E-state index is 12.9. The van der Waals surface area contributed by atoms with Crippen molar-refractivity contribution in [3.63, 3.8) is 0 Å². The van der Waals surface area contributed by atoms with Crippen LogP contribution in [0.5, 0.6) is 0 Å². The van der Waals surface area contributed by atoms with Gasteiger partial charge in [-0.2, -0.15) is 0 Å². The molecule has 2 heterocycles. The van der Waals surface area contributed by atoms with E-state index in [1.165, 1.54) is 11.3 Å². The van der Waals surface area contributed by atoms with Crippen LogP contribution in [0, 0.1) is 23.7 Å². The molecule has 4 amide bonds. The second kappa shape index (κ2) is 7.25. The first-order chi connectivity index (χ1) is 14.5. The number of carbonyl (C=O) groups excluding carboxylic acids is 3.